The van der Waals surface area contributed by atoms with Gasteiger partial charge in [-0.1, -0.05) is 56.3 Å². The summed E-state index contributed by atoms with van der Waals surface area (Å²) in [6.45, 7) is 3.77. The molecule has 1 N–H and O–H groups in total. The molecule has 0 unspecified atom stereocenters. The molecule has 1 amide bonds. The molecular weight excluding hydrogens is 226 g/mol. The van der Waals surface area contributed by atoms with Crippen LogP contribution in [0.25, 0.3) is 10.8 Å². The zero-order valence-corrected chi connectivity index (χ0v) is 10.6. The van der Waals surface area contributed by atoms with Crippen molar-refractivity contribution >= 4 is 16.7 Å². The van der Waals surface area contributed by atoms with Gasteiger partial charge in [0.1, 0.15) is 0 Å². The van der Waals surface area contributed by atoms with E-state index in [9.17, 15) is 10.0 Å². The maximum atomic E-state index is 11.7. The molecule has 0 fully saturated rings. The van der Waals surface area contributed by atoms with Crippen LogP contribution in [0.2, 0.25) is 0 Å². The molecule has 2 aromatic rings. The lowest BCUT2D eigenvalue weighted by Crippen LogP contribution is -2.30. The predicted octanol–water partition coefficient (Wildman–Crippen LogP) is 3.21. The highest BCUT2D eigenvalue weighted by molar-refractivity contribution is 5.86. The molecule has 0 saturated carbocycles. The van der Waals surface area contributed by atoms with Crippen molar-refractivity contribution in [2.75, 3.05) is 0 Å². The van der Waals surface area contributed by atoms with Crippen molar-refractivity contribution in [2.24, 2.45) is 5.92 Å². The van der Waals surface area contributed by atoms with Crippen LogP contribution in [0, 0.1) is 5.92 Å². The Balaban J connectivity index is 2.29. The van der Waals surface area contributed by atoms with Crippen molar-refractivity contribution < 1.29 is 10.0 Å². The number of rotatable bonds is 3. The molecule has 94 valence electrons. The van der Waals surface area contributed by atoms with E-state index < -0.39 is 0 Å². The molecule has 0 radical (unpaired) electrons. The first-order valence-electron chi connectivity index (χ1n) is 6.06. The summed E-state index contributed by atoms with van der Waals surface area (Å²) in [5, 5.41) is 12.8. The molecule has 2 aromatic carbocycles. The molecule has 0 aliphatic heterocycles. The van der Waals surface area contributed by atoms with E-state index in [0.717, 1.165) is 21.4 Å². The lowest BCUT2D eigenvalue weighted by atomic mass is 10.0. The van der Waals surface area contributed by atoms with Crippen LogP contribution in [0.3, 0.4) is 0 Å². The van der Waals surface area contributed by atoms with Gasteiger partial charge in [-0.25, -0.2) is 5.06 Å². The molecule has 0 aromatic heterocycles. The summed E-state index contributed by atoms with van der Waals surface area (Å²) in [6, 6.07) is 13.8. The highest BCUT2D eigenvalue weighted by Gasteiger charge is 2.15. The first-order chi connectivity index (χ1) is 8.59. The van der Waals surface area contributed by atoms with E-state index in [4.69, 9.17) is 0 Å². The topological polar surface area (TPSA) is 40.5 Å². The second-order valence-electron chi connectivity index (χ2n) is 4.69. The van der Waals surface area contributed by atoms with Crippen LogP contribution in [-0.2, 0) is 11.3 Å². The third-order valence-electron chi connectivity index (χ3n) is 2.95. The minimum atomic E-state index is -0.261. The highest BCUT2D eigenvalue weighted by Crippen LogP contribution is 2.20. The zero-order chi connectivity index (χ0) is 13.1. The Labute approximate surface area is 107 Å². The van der Waals surface area contributed by atoms with E-state index in [0.29, 0.717) is 0 Å². The third-order valence-corrected chi connectivity index (χ3v) is 2.95. The van der Waals surface area contributed by atoms with Gasteiger partial charge < -0.3 is 0 Å². The number of benzene rings is 2. The summed E-state index contributed by atoms with van der Waals surface area (Å²) in [6.07, 6.45) is 0. The molecule has 0 atom stereocenters. The fraction of sp³-hybridized carbons (Fsp3) is 0.267. The van der Waals surface area contributed by atoms with E-state index >= 15 is 0 Å². The van der Waals surface area contributed by atoms with Gasteiger partial charge in [0.05, 0.1) is 6.54 Å². The van der Waals surface area contributed by atoms with Crippen molar-refractivity contribution in [1.29, 1.82) is 0 Å². The van der Waals surface area contributed by atoms with Crippen LogP contribution in [0.15, 0.2) is 42.5 Å². The molecule has 0 heterocycles. The Hall–Kier alpha value is -1.87. The Morgan fingerprint density at radius 3 is 2.56 bits per heavy atom. The molecule has 0 spiro atoms. The van der Waals surface area contributed by atoms with Gasteiger partial charge in [-0.2, -0.15) is 0 Å². The molecule has 0 bridgehead atoms. The second kappa shape index (κ2) is 5.19. The van der Waals surface area contributed by atoms with Gasteiger partial charge in [0, 0.05) is 5.92 Å². The number of nitrogens with zero attached hydrogens (tertiary/aromatic N) is 1. The maximum Gasteiger partial charge on any atom is 0.248 e. The van der Waals surface area contributed by atoms with Crippen LogP contribution < -0.4 is 0 Å². The summed E-state index contributed by atoms with van der Waals surface area (Å²) in [5.41, 5.74) is 0.949. The number of hydrogen-bond donors (Lipinski definition) is 1. The summed E-state index contributed by atoms with van der Waals surface area (Å²) in [5.74, 6) is -0.465. The fourth-order valence-electron chi connectivity index (χ4n) is 1.97. The van der Waals surface area contributed by atoms with E-state index in [-0.39, 0.29) is 18.4 Å². The van der Waals surface area contributed by atoms with E-state index in [1.807, 2.05) is 42.5 Å². The van der Waals surface area contributed by atoms with Gasteiger partial charge in [0.2, 0.25) is 5.91 Å². The van der Waals surface area contributed by atoms with Crippen molar-refractivity contribution in [1.82, 2.24) is 5.06 Å². The van der Waals surface area contributed by atoms with Gasteiger partial charge in [0.15, 0.2) is 0 Å². The fourth-order valence-corrected chi connectivity index (χ4v) is 1.97. The summed E-state index contributed by atoms with van der Waals surface area (Å²) < 4.78 is 0. The van der Waals surface area contributed by atoms with E-state index in [1.54, 1.807) is 13.8 Å². The zero-order valence-electron chi connectivity index (χ0n) is 10.6. The number of fused-ring (bicyclic) bond motifs is 1. The van der Waals surface area contributed by atoms with Crippen LogP contribution in [0.1, 0.15) is 19.4 Å². The van der Waals surface area contributed by atoms with Crippen molar-refractivity contribution in [3.63, 3.8) is 0 Å². The molecule has 0 aliphatic rings. The Morgan fingerprint density at radius 1 is 1.17 bits per heavy atom. The summed E-state index contributed by atoms with van der Waals surface area (Å²) in [7, 11) is 0. The highest BCUT2D eigenvalue weighted by atomic mass is 16.5. The van der Waals surface area contributed by atoms with Crippen molar-refractivity contribution in [3.8, 4) is 0 Å². The predicted molar refractivity (Wildman–Crippen MR) is 71.1 cm³/mol. The van der Waals surface area contributed by atoms with E-state index in [1.165, 1.54) is 0 Å². The average molecular weight is 243 g/mol. The SMILES string of the molecule is CC(C)C(=O)N(O)Cc1cccc2ccccc12. The molecule has 3 nitrogen and oxygen atoms in total. The number of hydrogen-bond acceptors (Lipinski definition) is 2. The van der Waals surface area contributed by atoms with Crippen molar-refractivity contribution in [2.45, 2.75) is 20.4 Å². The Bertz CT molecular complexity index is 558. The van der Waals surface area contributed by atoms with Gasteiger partial charge in [-0.3, -0.25) is 10.0 Å². The molecule has 0 aliphatic carbocycles. The minimum Gasteiger partial charge on any atom is -0.286 e. The average Bonchev–Trinajstić information content (AvgIpc) is 2.38. The standard InChI is InChI=1S/C15H17NO2/c1-11(2)15(17)16(18)10-13-8-5-7-12-6-3-4-9-14(12)13/h3-9,11,18H,10H2,1-2H3. The van der Waals surface area contributed by atoms with Gasteiger partial charge >= 0.3 is 0 Å². The van der Waals surface area contributed by atoms with Crippen molar-refractivity contribution in [3.05, 3.63) is 48.0 Å². The summed E-state index contributed by atoms with van der Waals surface area (Å²) >= 11 is 0. The molecule has 3 heteroatoms. The van der Waals surface area contributed by atoms with Crippen LogP contribution in [-0.4, -0.2) is 16.2 Å². The normalized spacial score (nSPS) is 10.9. The lowest BCUT2D eigenvalue weighted by Gasteiger charge is -2.18. The lowest BCUT2D eigenvalue weighted by molar-refractivity contribution is -0.171. The Kier molecular flexibility index (Phi) is 3.63. The molecule has 2 rings (SSSR count). The van der Waals surface area contributed by atoms with Gasteiger partial charge in [-0.05, 0) is 16.3 Å². The van der Waals surface area contributed by atoms with Crippen LogP contribution >= 0.6 is 0 Å². The van der Waals surface area contributed by atoms with Crippen LogP contribution in [0.5, 0.6) is 0 Å². The summed E-state index contributed by atoms with van der Waals surface area (Å²) in [4.78, 5) is 11.7. The quantitative estimate of drug-likeness (QED) is 0.664. The molecule has 0 saturated heterocycles. The monoisotopic (exact) mass is 243 g/mol. The first-order valence-corrected chi connectivity index (χ1v) is 6.06. The number of carbonyl (C=O) groups excluding carboxylic acids is 1. The minimum absolute atomic E-state index is 0.204. The Morgan fingerprint density at radius 2 is 1.83 bits per heavy atom. The molecule has 18 heavy (non-hydrogen) atoms. The molecular formula is C15H17NO2. The van der Waals surface area contributed by atoms with E-state index in [2.05, 4.69) is 0 Å². The number of amides is 1. The van der Waals surface area contributed by atoms with Crippen LogP contribution in [0.4, 0.5) is 0 Å². The van der Waals surface area contributed by atoms with Gasteiger partial charge in [0.25, 0.3) is 0 Å². The first kappa shape index (κ1) is 12.6. The van der Waals surface area contributed by atoms with Gasteiger partial charge in [-0.15, -0.1) is 0 Å². The largest absolute Gasteiger partial charge is 0.286 e. The third kappa shape index (κ3) is 2.51. The number of hydroxylamine groups is 2. The second-order valence-corrected chi connectivity index (χ2v) is 4.69. The number of carbonyl (C=O) groups is 1. The smallest absolute Gasteiger partial charge is 0.248 e. The maximum absolute atomic E-state index is 11.7.